The highest BCUT2D eigenvalue weighted by Crippen LogP contribution is 2.44. The second-order valence-corrected chi connectivity index (χ2v) is 9.16. The van der Waals surface area contributed by atoms with Crippen molar-refractivity contribution in [1.82, 2.24) is 14.2 Å². The molecular formula is C21H25N5OS. The summed E-state index contributed by atoms with van der Waals surface area (Å²) in [6, 6.07) is 6.56. The van der Waals surface area contributed by atoms with Crippen LogP contribution in [-0.2, 0) is 5.41 Å². The zero-order chi connectivity index (χ0) is 19.3. The van der Waals surface area contributed by atoms with E-state index in [4.69, 9.17) is 5.84 Å². The summed E-state index contributed by atoms with van der Waals surface area (Å²) in [5.41, 5.74) is 4.57. The zero-order valence-corrected chi connectivity index (χ0v) is 16.8. The molecule has 1 atom stereocenters. The summed E-state index contributed by atoms with van der Waals surface area (Å²) in [6.45, 7) is 2.44. The first-order valence-electron chi connectivity index (χ1n) is 9.84. The Labute approximate surface area is 168 Å². The fourth-order valence-electron chi connectivity index (χ4n) is 4.62. The molecule has 0 saturated heterocycles. The molecule has 6 nitrogen and oxygen atoms in total. The summed E-state index contributed by atoms with van der Waals surface area (Å²) in [7, 11) is 0. The summed E-state index contributed by atoms with van der Waals surface area (Å²) in [4.78, 5) is 8.88. The number of thioether (sulfide) groups is 1. The molecule has 3 heterocycles. The van der Waals surface area contributed by atoms with Gasteiger partial charge in [-0.1, -0.05) is 19.8 Å². The minimum absolute atomic E-state index is 0.0358. The Morgan fingerprint density at radius 2 is 2.11 bits per heavy atom. The molecule has 146 valence electrons. The maximum Gasteiger partial charge on any atom is 0.117 e. The van der Waals surface area contributed by atoms with E-state index in [0.29, 0.717) is 0 Å². The zero-order valence-electron chi connectivity index (χ0n) is 16.0. The van der Waals surface area contributed by atoms with Crippen molar-refractivity contribution < 1.29 is 5.11 Å². The first-order chi connectivity index (χ1) is 13.6. The van der Waals surface area contributed by atoms with Gasteiger partial charge in [0.2, 0.25) is 0 Å². The lowest BCUT2D eigenvalue weighted by Crippen LogP contribution is -2.22. The van der Waals surface area contributed by atoms with Gasteiger partial charge in [-0.3, -0.25) is 9.67 Å². The standard InChI is InChI=1S/C21H25N5OS/c1-21(4-2-3-5-21)17-10-16(25-7-6-23-13-25)8-14-9-18(26(22)19(14)17)20-24-15(11-27)12-28-20/h6-10,13,15,27H,2-5,11-12,22H2,1H3. The number of nitrogen functional groups attached to an aromatic ring is 1. The Morgan fingerprint density at radius 3 is 2.79 bits per heavy atom. The monoisotopic (exact) mass is 395 g/mol. The van der Waals surface area contributed by atoms with E-state index in [1.165, 1.54) is 31.2 Å². The van der Waals surface area contributed by atoms with E-state index in [0.717, 1.165) is 33.1 Å². The molecule has 28 heavy (non-hydrogen) atoms. The first-order valence-corrected chi connectivity index (χ1v) is 10.8. The van der Waals surface area contributed by atoms with Crippen LogP contribution in [0.15, 0.2) is 41.9 Å². The number of nitrogens with zero attached hydrogens (tertiary/aromatic N) is 4. The predicted molar refractivity (Wildman–Crippen MR) is 115 cm³/mol. The Hall–Kier alpha value is -2.25. The molecule has 1 aromatic carbocycles. The van der Waals surface area contributed by atoms with Crippen molar-refractivity contribution in [2.75, 3.05) is 18.2 Å². The topological polar surface area (TPSA) is 81.4 Å². The third-order valence-electron chi connectivity index (χ3n) is 6.22. The van der Waals surface area contributed by atoms with E-state index >= 15 is 0 Å². The Balaban J connectivity index is 1.73. The molecule has 1 aliphatic heterocycles. The van der Waals surface area contributed by atoms with Crippen LogP contribution in [0.3, 0.4) is 0 Å². The van der Waals surface area contributed by atoms with Gasteiger partial charge in [-0.2, -0.15) is 0 Å². The molecule has 1 saturated carbocycles. The van der Waals surface area contributed by atoms with E-state index in [2.05, 4.69) is 39.7 Å². The lowest BCUT2D eigenvalue weighted by molar-refractivity contribution is 0.277. The summed E-state index contributed by atoms with van der Waals surface area (Å²) in [5, 5.41) is 11.5. The number of aliphatic hydroxyl groups excluding tert-OH is 1. The number of hydrogen-bond acceptors (Lipinski definition) is 5. The van der Waals surface area contributed by atoms with Gasteiger partial charge in [0.25, 0.3) is 0 Å². The molecule has 2 aromatic heterocycles. The minimum Gasteiger partial charge on any atom is -0.394 e. The van der Waals surface area contributed by atoms with Crippen molar-refractivity contribution >= 4 is 27.7 Å². The van der Waals surface area contributed by atoms with Gasteiger partial charge in [0.1, 0.15) is 5.04 Å². The molecule has 3 aromatic rings. The molecule has 0 radical (unpaired) electrons. The Bertz CT molecular complexity index is 1050. The average Bonchev–Trinajstić information content (AvgIpc) is 3.48. The van der Waals surface area contributed by atoms with E-state index in [1.54, 1.807) is 18.0 Å². The van der Waals surface area contributed by atoms with Gasteiger partial charge in [0.15, 0.2) is 0 Å². The van der Waals surface area contributed by atoms with Gasteiger partial charge in [-0.05, 0) is 42.0 Å². The van der Waals surface area contributed by atoms with Crippen LogP contribution in [0.25, 0.3) is 16.6 Å². The van der Waals surface area contributed by atoms with E-state index in [1.807, 2.05) is 17.2 Å². The molecule has 5 rings (SSSR count). The SMILES string of the molecule is CC1(c2cc(-n3ccnc3)cc3cc(C4=NC(CO)CS4)n(N)c23)CCCC1. The number of benzene rings is 1. The number of nitrogens with two attached hydrogens (primary N) is 1. The lowest BCUT2D eigenvalue weighted by Gasteiger charge is -2.26. The molecule has 3 N–H and O–H groups in total. The summed E-state index contributed by atoms with van der Waals surface area (Å²) >= 11 is 1.67. The van der Waals surface area contributed by atoms with E-state index in [-0.39, 0.29) is 18.1 Å². The van der Waals surface area contributed by atoms with Gasteiger partial charge < -0.3 is 15.5 Å². The van der Waals surface area contributed by atoms with Crippen molar-refractivity contribution in [2.45, 2.75) is 44.1 Å². The third kappa shape index (κ3) is 2.76. The normalized spacial score (nSPS) is 21.5. The average molecular weight is 396 g/mol. The third-order valence-corrected chi connectivity index (χ3v) is 7.36. The number of aromatic nitrogens is 3. The number of rotatable bonds is 4. The van der Waals surface area contributed by atoms with E-state index < -0.39 is 0 Å². The van der Waals surface area contributed by atoms with Crippen LogP contribution in [0.1, 0.15) is 43.9 Å². The lowest BCUT2D eigenvalue weighted by atomic mass is 9.80. The second kappa shape index (κ2) is 6.67. The minimum atomic E-state index is -0.0358. The van der Waals surface area contributed by atoms with Gasteiger partial charge in [0, 0.05) is 29.2 Å². The maximum absolute atomic E-state index is 9.44. The molecule has 1 fully saturated rings. The van der Waals surface area contributed by atoms with Crippen LogP contribution < -0.4 is 5.84 Å². The molecule has 0 bridgehead atoms. The Kier molecular flexibility index (Phi) is 4.25. The van der Waals surface area contributed by atoms with Gasteiger partial charge >= 0.3 is 0 Å². The fourth-order valence-corrected chi connectivity index (χ4v) is 5.68. The molecular weight excluding hydrogens is 370 g/mol. The Morgan fingerprint density at radius 1 is 1.29 bits per heavy atom. The highest BCUT2D eigenvalue weighted by molar-refractivity contribution is 8.14. The summed E-state index contributed by atoms with van der Waals surface area (Å²) in [6.07, 6.45) is 10.5. The fraction of sp³-hybridized carbons (Fsp3) is 0.429. The van der Waals surface area contributed by atoms with Crippen molar-refractivity contribution in [3.05, 3.63) is 48.2 Å². The molecule has 0 amide bonds. The molecule has 7 heteroatoms. The second-order valence-electron chi connectivity index (χ2n) is 8.15. The van der Waals surface area contributed by atoms with Crippen LogP contribution in [-0.4, -0.2) is 42.8 Å². The van der Waals surface area contributed by atoms with Crippen LogP contribution in [0.5, 0.6) is 0 Å². The molecule has 2 aliphatic rings. The molecule has 0 spiro atoms. The maximum atomic E-state index is 9.44. The van der Waals surface area contributed by atoms with Crippen molar-refractivity contribution in [1.29, 1.82) is 0 Å². The van der Waals surface area contributed by atoms with Crippen LogP contribution in [0.4, 0.5) is 0 Å². The van der Waals surface area contributed by atoms with Crippen molar-refractivity contribution in [2.24, 2.45) is 4.99 Å². The smallest absolute Gasteiger partial charge is 0.117 e. The van der Waals surface area contributed by atoms with Crippen molar-refractivity contribution in [3.63, 3.8) is 0 Å². The van der Waals surface area contributed by atoms with Crippen LogP contribution >= 0.6 is 11.8 Å². The largest absolute Gasteiger partial charge is 0.394 e. The number of aliphatic hydroxyl groups is 1. The summed E-state index contributed by atoms with van der Waals surface area (Å²) < 4.78 is 3.87. The van der Waals surface area contributed by atoms with Gasteiger partial charge in [0.05, 0.1) is 30.2 Å². The van der Waals surface area contributed by atoms with Gasteiger partial charge in [-0.25, -0.2) is 4.98 Å². The van der Waals surface area contributed by atoms with E-state index in [9.17, 15) is 5.11 Å². The highest BCUT2D eigenvalue weighted by atomic mass is 32.2. The number of imidazole rings is 1. The summed E-state index contributed by atoms with van der Waals surface area (Å²) in [5.74, 6) is 7.45. The van der Waals surface area contributed by atoms with Crippen molar-refractivity contribution in [3.8, 4) is 5.69 Å². The number of aliphatic imine (C=N–C) groups is 1. The molecule has 1 aliphatic carbocycles. The molecule has 1 unspecified atom stereocenters. The predicted octanol–water partition coefficient (Wildman–Crippen LogP) is 3.23. The first kappa shape index (κ1) is 17.8. The number of hydrogen-bond donors (Lipinski definition) is 2. The van der Waals surface area contributed by atoms with Crippen LogP contribution in [0, 0.1) is 0 Å². The van der Waals surface area contributed by atoms with Crippen LogP contribution in [0.2, 0.25) is 0 Å². The highest BCUT2D eigenvalue weighted by Gasteiger charge is 2.34. The quantitative estimate of drug-likeness (QED) is 0.665. The number of fused-ring (bicyclic) bond motifs is 1. The van der Waals surface area contributed by atoms with Gasteiger partial charge in [-0.15, -0.1) is 11.8 Å².